The van der Waals surface area contributed by atoms with Gasteiger partial charge in [-0.2, -0.15) is 0 Å². The van der Waals surface area contributed by atoms with Gasteiger partial charge in [0.15, 0.2) is 0 Å². The van der Waals surface area contributed by atoms with Crippen LogP contribution in [0.5, 0.6) is 0 Å². The fourth-order valence-corrected chi connectivity index (χ4v) is 10.2. The molecular weight excluding hydrogens is 1090 g/mol. The van der Waals surface area contributed by atoms with Crippen LogP contribution in [0, 0.1) is 0 Å². The van der Waals surface area contributed by atoms with Crippen molar-refractivity contribution in [2.75, 3.05) is 27.4 Å². The van der Waals surface area contributed by atoms with E-state index in [0.29, 0.717) is 23.0 Å². The molecule has 5 heterocycles. The van der Waals surface area contributed by atoms with Gasteiger partial charge in [0.25, 0.3) is 0 Å². The summed E-state index contributed by atoms with van der Waals surface area (Å²) in [6.07, 6.45) is 14.5. The van der Waals surface area contributed by atoms with Crippen LogP contribution >= 0.6 is 0 Å². The number of rotatable bonds is 13. The molecule has 0 saturated carbocycles. The quantitative estimate of drug-likeness (QED) is 0.0822. The summed E-state index contributed by atoms with van der Waals surface area (Å²) in [6.45, 7) is 33.2. The number of methoxy groups -OCH3 is 2. The molecule has 2 N–H and O–H groups in total. The second-order valence-corrected chi connectivity index (χ2v) is 25.8. The minimum absolute atomic E-state index is 0. The molecular formula is C70H96AlLiN4O10. The summed E-state index contributed by atoms with van der Waals surface area (Å²) in [6, 6.07) is 31.0. The van der Waals surface area contributed by atoms with Gasteiger partial charge in [0.1, 0.15) is 0 Å². The Labute approximate surface area is 531 Å². The summed E-state index contributed by atoms with van der Waals surface area (Å²) in [5.74, 6) is 0.281. The number of hydrogen-bond donors (Lipinski definition) is 2. The van der Waals surface area contributed by atoms with Gasteiger partial charge in [0.2, 0.25) is 0 Å². The van der Waals surface area contributed by atoms with Gasteiger partial charge >= 0.3 is 45.9 Å². The van der Waals surface area contributed by atoms with E-state index in [1.54, 1.807) is 12.1 Å². The van der Waals surface area contributed by atoms with E-state index in [1.807, 2.05) is 148 Å². The Hall–Kier alpha value is -5.65. The zero-order valence-electron chi connectivity index (χ0n) is 55.8. The number of aryl methyl sites for hydroxylation is 2. The first-order valence-electron chi connectivity index (χ1n) is 29.7. The van der Waals surface area contributed by atoms with Crippen LogP contribution in [-0.2, 0) is 51.6 Å². The van der Waals surface area contributed by atoms with Crippen molar-refractivity contribution in [2.24, 2.45) is 0 Å². The van der Waals surface area contributed by atoms with E-state index < -0.39 is 15.1 Å². The number of fused-ring (bicyclic) bond motifs is 4. The van der Waals surface area contributed by atoms with Crippen LogP contribution in [0.2, 0.25) is 0 Å². The fourth-order valence-electron chi connectivity index (χ4n) is 8.37. The topological polar surface area (TPSA) is 182 Å². The largest absolute Gasteiger partial charge is 1.00 e. The normalized spacial score (nSPS) is 12.1. The molecule has 0 atom stereocenters. The van der Waals surface area contributed by atoms with Crippen molar-refractivity contribution in [3.63, 3.8) is 0 Å². The van der Waals surface area contributed by atoms with Gasteiger partial charge in [-0.25, -0.2) is 9.59 Å². The zero-order valence-corrected chi connectivity index (χ0v) is 56.0. The van der Waals surface area contributed by atoms with Crippen molar-refractivity contribution in [1.29, 1.82) is 0 Å². The number of carbonyl (C=O) groups is 2. The number of carbonyl (C=O) groups excluding carboxylic acids is 2. The molecule has 0 aliphatic carbocycles. The molecule has 0 spiro atoms. The van der Waals surface area contributed by atoms with Crippen molar-refractivity contribution in [1.82, 2.24) is 19.9 Å². The van der Waals surface area contributed by atoms with Crippen molar-refractivity contribution in [2.45, 2.75) is 184 Å². The van der Waals surface area contributed by atoms with Gasteiger partial charge in [0, 0.05) is 76.3 Å². The molecule has 9 rings (SSSR count). The third kappa shape index (κ3) is 26.8. The molecule has 8 aromatic rings. The Morgan fingerprint density at radius 2 is 0.814 bits per heavy atom. The summed E-state index contributed by atoms with van der Waals surface area (Å²) >= 11 is -2.11. The van der Waals surface area contributed by atoms with Crippen molar-refractivity contribution >= 4 is 70.7 Å². The van der Waals surface area contributed by atoms with Crippen LogP contribution in [0.15, 0.2) is 122 Å². The number of nitrogens with zero attached hydrogens (tertiary/aromatic N) is 4. The predicted octanol–water partition coefficient (Wildman–Crippen LogP) is 13.0. The standard InChI is InChI=1S/2C14H15NO2.2C13H15NO.C4H8O.3C4H9O.Al.Li.H/c1-9(2)12-7-11-6-10(14(16)17-3)4-5-13(11)15-8-12;1-3-4-10-7-12-8-11(14(16)17-2)5-6-13(12)15-9-10;1-9(2)12-6-11-5-10(8-15)3-4-13(11)14-7-12;1-2-3-10-6-12-7-11(9-15)4-5-13(12)14-8-10;1-2-4-5-3-1;3*1-4(2,3)5;;;/h4-9H,1-3H3;5-9H,3-4H2,1-2H3;3-7,9,15H,8H2,1-2H3;4-8,15H,2-3,9H2,1H3;1-4H2;3*1-3H3;;;/q;;;;;3*-1;+3;+1;-1. The third-order valence-corrected chi connectivity index (χ3v) is 15.5. The van der Waals surface area contributed by atoms with Gasteiger partial charge in [-0.15, -0.1) is 0 Å². The Morgan fingerprint density at radius 1 is 0.500 bits per heavy atom. The number of ether oxygens (including phenoxy) is 3. The number of aliphatic hydroxyl groups excluding tert-OH is 2. The molecule has 1 fully saturated rings. The smallest absolute Gasteiger partial charge is 1.00 e. The van der Waals surface area contributed by atoms with Gasteiger partial charge in [0.05, 0.1) is 60.6 Å². The molecule has 4 aromatic carbocycles. The predicted molar refractivity (Wildman–Crippen MR) is 347 cm³/mol. The van der Waals surface area contributed by atoms with Gasteiger partial charge in [-0.3, -0.25) is 19.9 Å². The van der Waals surface area contributed by atoms with Crippen LogP contribution in [0.3, 0.4) is 0 Å². The summed E-state index contributed by atoms with van der Waals surface area (Å²) in [5, 5.41) is 22.3. The van der Waals surface area contributed by atoms with E-state index in [0.717, 1.165) is 93.6 Å². The number of benzene rings is 4. The molecule has 4 aromatic heterocycles. The van der Waals surface area contributed by atoms with Crippen LogP contribution in [0.1, 0.15) is 197 Å². The van der Waals surface area contributed by atoms with E-state index in [9.17, 15) is 9.59 Å². The molecule has 0 radical (unpaired) electrons. The maximum absolute atomic E-state index is 11.4. The van der Waals surface area contributed by atoms with Crippen LogP contribution in [0.4, 0.5) is 0 Å². The number of pyridine rings is 4. The van der Waals surface area contributed by atoms with Crippen molar-refractivity contribution in [3.05, 3.63) is 166 Å². The maximum Gasteiger partial charge on any atom is 1.00 e. The number of aliphatic hydroxyl groups is 2. The first kappa shape index (κ1) is 74.6. The first-order valence-corrected chi connectivity index (χ1v) is 31.1. The average Bonchev–Trinajstić information content (AvgIpc) is 1.99. The SMILES string of the molecule is C1CCOC1.CC(C)(C)[O][Al]([O]C(C)(C)C)[O]C(C)(C)C.CC(C)c1cnc2ccc(CO)cc2c1.CCCc1cnc2ccc(C(=O)OC)cc2c1.CCCc1cnc2ccc(CO)cc2c1.COC(=O)c1ccc2ncc(C(C)C)cc2c1.[H-].[Li+]. The van der Waals surface area contributed by atoms with Crippen molar-refractivity contribution < 1.29 is 65.7 Å². The van der Waals surface area contributed by atoms with Crippen LogP contribution in [0.25, 0.3) is 43.6 Å². The molecule has 0 amide bonds. The van der Waals surface area contributed by atoms with Gasteiger partial charge < -0.3 is 37.2 Å². The Kier molecular flexibility index (Phi) is 31.8. The Balaban J connectivity index is 0.000000361. The van der Waals surface area contributed by atoms with Gasteiger partial charge in [-0.1, -0.05) is 66.5 Å². The minimum Gasteiger partial charge on any atom is -1.00 e. The molecule has 14 nitrogen and oxygen atoms in total. The zero-order chi connectivity index (χ0) is 62.9. The van der Waals surface area contributed by atoms with Crippen molar-refractivity contribution in [3.8, 4) is 0 Å². The summed E-state index contributed by atoms with van der Waals surface area (Å²) in [5.41, 5.74) is 10.9. The average molecular weight is 1190 g/mol. The van der Waals surface area contributed by atoms with E-state index >= 15 is 0 Å². The third-order valence-electron chi connectivity index (χ3n) is 12.8. The minimum atomic E-state index is -2.11. The Morgan fingerprint density at radius 3 is 1.12 bits per heavy atom. The second-order valence-electron chi connectivity index (χ2n) is 24.5. The Bertz CT molecular complexity index is 3310. The number of hydrogen-bond acceptors (Lipinski definition) is 14. The summed E-state index contributed by atoms with van der Waals surface area (Å²) in [4.78, 5) is 40.4. The van der Waals surface area contributed by atoms with Crippen LogP contribution in [-0.4, -0.2) is 101 Å². The summed E-state index contributed by atoms with van der Waals surface area (Å²) < 4.78 is 32.0. The molecule has 460 valence electrons. The molecule has 1 saturated heterocycles. The second kappa shape index (κ2) is 36.6. The van der Waals surface area contributed by atoms with E-state index in [4.69, 9.17) is 35.8 Å². The summed E-state index contributed by atoms with van der Waals surface area (Å²) in [7, 11) is 2.77. The molecule has 16 heteroatoms. The molecule has 0 unspecified atom stereocenters. The molecule has 1 aliphatic heterocycles. The van der Waals surface area contributed by atoms with Crippen LogP contribution < -0.4 is 18.9 Å². The van der Waals surface area contributed by atoms with E-state index in [-0.39, 0.29) is 62.2 Å². The van der Waals surface area contributed by atoms with Gasteiger partial charge in [-0.05, 0) is 218 Å². The van der Waals surface area contributed by atoms with E-state index in [2.05, 4.69) is 85.7 Å². The first-order chi connectivity index (χ1) is 40.2. The monoisotopic (exact) mass is 1190 g/mol. The molecule has 0 bridgehead atoms. The number of aromatic nitrogens is 4. The molecule has 86 heavy (non-hydrogen) atoms. The van der Waals surface area contributed by atoms with E-state index in [1.165, 1.54) is 49.3 Å². The molecule has 1 aliphatic rings. The maximum atomic E-state index is 11.4. The fraction of sp³-hybridized carbons (Fsp3) is 0.457. The number of esters is 2.